The van der Waals surface area contributed by atoms with Gasteiger partial charge in [0.2, 0.25) is 0 Å². The highest BCUT2D eigenvalue weighted by atomic mass is 79.9. The third-order valence-electron chi connectivity index (χ3n) is 1.35. The first-order chi connectivity index (χ1) is 6.43. The van der Waals surface area contributed by atoms with Crippen molar-refractivity contribution in [1.82, 2.24) is 0 Å². The Bertz CT molecular complexity index is 276. The van der Waals surface area contributed by atoms with Crippen LogP contribution >= 0.6 is 15.9 Å². The first-order valence-corrected chi connectivity index (χ1v) is 4.97. The number of benzene rings is 1. The van der Waals surface area contributed by atoms with E-state index in [0.29, 0.717) is 10.6 Å². The van der Waals surface area contributed by atoms with Gasteiger partial charge in [-0.3, -0.25) is 4.79 Å². The summed E-state index contributed by atoms with van der Waals surface area (Å²) in [5, 5.41) is 16.3. The molecule has 0 aliphatic rings. The van der Waals surface area contributed by atoms with Gasteiger partial charge in [-0.15, -0.1) is 0 Å². The molecule has 0 saturated heterocycles. The number of carbonyl (C=O) groups is 1. The number of aromatic hydroxyl groups is 1. The molecule has 1 rings (SSSR count). The molecule has 1 aromatic carbocycles. The van der Waals surface area contributed by atoms with Crippen LogP contribution in [0.2, 0.25) is 0 Å². The van der Waals surface area contributed by atoms with Crippen LogP contribution in [0, 0.1) is 0 Å². The Labute approximate surface area is 91.5 Å². The third kappa shape index (κ3) is 6.48. The predicted octanol–water partition coefficient (Wildman–Crippen LogP) is 2.94. The van der Waals surface area contributed by atoms with Crippen LogP contribution in [0.5, 0.6) is 5.75 Å². The van der Waals surface area contributed by atoms with E-state index in [0.717, 1.165) is 6.92 Å². The summed E-state index contributed by atoms with van der Waals surface area (Å²) < 4.78 is 0. The van der Waals surface area contributed by atoms with Gasteiger partial charge in [-0.2, -0.15) is 0 Å². The lowest BCUT2D eigenvalue weighted by Gasteiger charge is -2.01. The van der Waals surface area contributed by atoms with Crippen LogP contribution in [0.1, 0.15) is 24.2 Å². The molecule has 0 aromatic heterocycles. The maximum Gasteiger partial charge on any atom is 0.300 e. The van der Waals surface area contributed by atoms with Gasteiger partial charge in [0.1, 0.15) is 5.75 Å². The second kappa shape index (κ2) is 6.43. The smallest absolute Gasteiger partial charge is 0.300 e. The molecule has 0 aliphatic heterocycles. The van der Waals surface area contributed by atoms with E-state index in [1.54, 1.807) is 12.1 Å². The maximum absolute atomic E-state index is 9.00. The van der Waals surface area contributed by atoms with Crippen molar-refractivity contribution in [2.45, 2.75) is 18.7 Å². The van der Waals surface area contributed by atoms with Crippen LogP contribution in [0.15, 0.2) is 24.3 Å². The Kier molecular flexibility index (Phi) is 5.95. The number of carboxylic acids is 1. The molecule has 1 unspecified atom stereocenters. The van der Waals surface area contributed by atoms with Crippen molar-refractivity contribution in [3.05, 3.63) is 29.8 Å². The highest BCUT2D eigenvalue weighted by Gasteiger charge is 1.97. The molecule has 0 spiro atoms. The Morgan fingerprint density at radius 2 is 1.71 bits per heavy atom. The number of phenolic OH excluding ortho intramolecular Hbond substituents is 1. The molecule has 0 heterocycles. The summed E-state index contributed by atoms with van der Waals surface area (Å²) in [4.78, 5) is 9.35. The fourth-order valence-electron chi connectivity index (χ4n) is 0.740. The van der Waals surface area contributed by atoms with Gasteiger partial charge in [0, 0.05) is 11.8 Å². The van der Waals surface area contributed by atoms with E-state index in [4.69, 9.17) is 15.0 Å². The van der Waals surface area contributed by atoms with Crippen molar-refractivity contribution in [2.24, 2.45) is 0 Å². The lowest BCUT2D eigenvalue weighted by atomic mass is 10.2. The van der Waals surface area contributed by atoms with Crippen LogP contribution in [0.25, 0.3) is 0 Å². The average molecular weight is 261 g/mol. The lowest BCUT2D eigenvalue weighted by Crippen LogP contribution is -1.80. The zero-order valence-corrected chi connectivity index (χ0v) is 9.65. The molecule has 2 N–H and O–H groups in total. The van der Waals surface area contributed by atoms with Gasteiger partial charge in [-0.1, -0.05) is 28.1 Å². The van der Waals surface area contributed by atoms with Crippen LogP contribution < -0.4 is 0 Å². The van der Waals surface area contributed by atoms with Gasteiger partial charge in [0.25, 0.3) is 5.97 Å². The molecule has 78 valence electrons. The van der Waals surface area contributed by atoms with Gasteiger partial charge < -0.3 is 10.2 Å². The minimum absolute atomic E-state index is 0.317. The van der Waals surface area contributed by atoms with E-state index in [9.17, 15) is 0 Å². The summed E-state index contributed by atoms with van der Waals surface area (Å²) in [6.45, 7) is 3.13. The molecule has 0 aliphatic carbocycles. The van der Waals surface area contributed by atoms with Gasteiger partial charge in [-0.05, 0) is 24.6 Å². The second-order valence-corrected chi connectivity index (χ2v) is 4.10. The van der Waals surface area contributed by atoms with E-state index in [2.05, 4.69) is 15.9 Å². The number of halogens is 1. The zero-order chi connectivity index (χ0) is 11.1. The van der Waals surface area contributed by atoms with E-state index >= 15 is 0 Å². The Balaban J connectivity index is 0.000000364. The lowest BCUT2D eigenvalue weighted by molar-refractivity contribution is -0.134. The van der Waals surface area contributed by atoms with Crippen molar-refractivity contribution < 1.29 is 15.0 Å². The number of alkyl halides is 1. The number of aliphatic carboxylic acids is 1. The van der Waals surface area contributed by atoms with Crippen LogP contribution in [-0.2, 0) is 4.79 Å². The number of phenols is 1. The topological polar surface area (TPSA) is 57.5 Å². The summed E-state index contributed by atoms with van der Waals surface area (Å²) in [6.07, 6.45) is 0. The molecule has 1 aromatic rings. The summed E-state index contributed by atoms with van der Waals surface area (Å²) >= 11 is 3.43. The maximum atomic E-state index is 9.00. The summed E-state index contributed by atoms with van der Waals surface area (Å²) in [7, 11) is 0. The van der Waals surface area contributed by atoms with Gasteiger partial charge in [-0.25, -0.2) is 0 Å². The van der Waals surface area contributed by atoms with Crippen LogP contribution in [0.4, 0.5) is 0 Å². The van der Waals surface area contributed by atoms with E-state index in [1.165, 1.54) is 5.56 Å². The fraction of sp³-hybridized carbons (Fsp3) is 0.300. The monoisotopic (exact) mass is 260 g/mol. The van der Waals surface area contributed by atoms with Gasteiger partial charge in [0.15, 0.2) is 0 Å². The minimum atomic E-state index is -0.833. The quantitative estimate of drug-likeness (QED) is 0.764. The van der Waals surface area contributed by atoms with Crippen LogP contribution in [0.3, 0.4) is 0 Å². The number of hydrogen-bond acceptors (Lipinski definition) is 2. The molecule has 0 saturated carbocycles. The number of rotatable bonds is 1. The zero-order valence-electron chi connectivity index (χ0n) is 8.07. The van der Waals surface area contributed by atoms with Crippen LogP contribution in [-0.4, -0.2) is 16.2 Å². The minimum Gasteiger partial charge on any atom is -0.508 e. The summed E-state index contributed by atoms with van der Waals surface area (Å²) in [6, 6.07) is 7.17. The van der Waals surface area contributed by atoms with Gasteiger partial charge in [0.05, 0.1) is 0 Å². The molecule has 0 bridgehead atoms. The summed E-state index contributed by atoms with van der Waals surface area (Å²) in [5.74, 6) is -0.517. The molecule has 14 heavy (non-hydrogen) atoms. The van der Waals surface area contributed by atoms with Crippen molar-refractivity contribution in [3.63, 3.8) is 0 Å². The Morgan fingerprint density at radius 3 is 2.00 bits per heavy atom. The van der Waals surface area contributed by atoms with Gasteiger partial charge >= 0.3 is 0 Å². The van der Waals surface area contributed by atoms with Crippen molar-refractivity contribution in [2.75, 3.05) is 0 Å². The predicted molar refractivity (Wildman–Crippen MR) is 58.8 cm³/mol. The fourth-order valence-corrected chi connectivity index (χ4v) is 1.04. The standard InChI is InChI=1S/C8H9BrO.C2H4O2/c1-6(9)7-2-4-8(10)5-3-7;1-2(3)4/h2-6,10H,1H3;1H3,(H,3,4). The Hall–Kier alpha value is -1.03. The third-order valence-corrected chi connectivity index (χ3v) is 1.88. The Morgan fingerprint density at radius 1 is 1.36 bits per heavy atom. The molecule has 0 amide bonds. The molecule has 4 heteroatoms. The first kappa shape index (κ1) is 13.0. The largest absolute Gasteiger partial charge is 0.508 e. The highest BCUT2D eigenvalue weighted by molar-refractivity contribution is 9.09. The first-order valence-electron chi connectivity index (χ1n) is 4.06. The molecule has 3 nitrogen and oxygen atoms in total. The SMILES string of the molecule is CC(=O)O.CC(Br)c1ccc(O)cc1. The normalized spacial score (nSPS) is 11.1. The number of carboxylic acid groups (broad SMARTS) is 1. The number of hydrogen-bond donors (Lipinski definition) is 2. The average Bonchev–Trinajstić information content (AvgIpc) is 2.03. The molecule has 1 atom stereocenters. The molecule has 0 fully saturated rings. The van der Waals surface area contributed by atoms with E-state index in [1.807, 2.05) is 19.1 Å². The molecular formula is C10H13BrO3. The summed E-state index contributed by atoms with van der Waals surface area (Å²) in [5.41, 5.74) is 1.18. The highest BCUT2D eigenvalue weighted by Crippen LogP contribution is 2.22. The van der Waals surface area contributed by atoms with Crippen molar-refractivity contribution in [1.29, 1.82) is 0 Å². The molecule has 0 radical (unpaired) electrons. The van der Waals surface area contributed by atoms with E-state index < -0.39 is 5.97 Å². The van der Waals surface area contributed by atoms with Crippen molar-refractivity contribution >= 4 is 21.9 Å². The second-order valence-electron chi connectivity index (χ2n) is 2.73. The van der Waals surface area contributed by atoms with Crippen molar-refractivity contribution in [3.8, 4) is 5.75 Å². The molecular weight excluding hydrogens is 248 g/mol. The van der Waals surface area contributed by atoms with E-state index in [-0.39, 0.29) is 0 Å².